The second-order valence-corrected chi connectivity index (χ2v) is 3.73. The molecule has 16 heavy (non-hydrogen) atoms. The zero-order valence-corrected chi connectivity index (χ0v) is 9.38. The van der Waals surface area contributed by atoms with Gasteiger partial charge >= 0.3 is 0 Å². The molecule has 3 nitrogen and oxygen atoms in total. The summed E-state index contributed by atoms with van der Waals surface area (Å²) in [6.07, 6.45) is 0.598. The van der Waals surface area contributed by atoms with Crippen LogP contribution in [0.2, 0.25) is 5.02 Å². The molecule has 2 aromatic rings. The van der Waals surface area contributed by atoms with Crippen molar-refractivity contribution in [2.45, 2.75) is 13.3 Å². The zero-order chi connectivity index (χ0) is 11.7. The van der Waals surface area contributed by atoms with Crippen LogP contribution in [0.25, 0.3) is 11.1 Å². The molecule has 2 N–H and O–H groups in total. The van der Waals surface area contributed by atoms with E-state index in [1.807, 2.05) is 6.92 Å². The van der Waals surface area contributed by atoms with Gasteiger partial charge < -0.3 is 10.3 Å². The number of aromatic nitrogens is 1. The molecule has 0 aliphatic carbocycles. The third kappa shape index (κ3) is 1.65. The van der Waals surface area contributed by atoms with E-state index in [1.54, 1.807) is 6.07 Å². The molecule has 84 valence electrons. The maximum Gasteiger partial charge on any atom is 0.230 e. The Morgan fingerprint density at radius 2 is 2.19 bits per heavy atom. The van der Waals surface area contributed by atoms with Crippen molar-refractivity contribution in [3.8, 4) is 11.1 Å². The van der Waals surface area contributed by atoms with Crippen molar-refractivity contribution in [2.75, 3.05) is 5.73 Å². The minimum atomic E-state index is -0.433. The molecule has 0 unspecified atom stereocenters. The first kappa shape index (κ1) is 11.0. The maximum atomic E-state index is 13.7. The lowest BCUT2D eigenvalue weighted by atomic mass is 10.0. The maximum absolute atomic E-state index is 13.7. The summed E-state index contributed by atoms with van der Waals surface area (Å²) in [7, 11) is 0. The van der Waals surface area contributed by atoms with Crippen molar-refractivity contribution in [1.29, 1.82) is 0 Å². The zero-order valence-electron chi connectivity index (χ0n) is 8.63. The number of hydrogen-bond donors (Lipinski definition) is 1. The van der Waals surface area contributed by atoms with Crippen molar-refractivity contribution >= 4 is 17.5 Å². The van der Waals surface area contributed by atoms with E-state index in [0.29, 0.717) is 22.7 Å². The van der Waals surface area contributed by atoms with Crippen LogP contribution in [-0.4, -0.2) is 5.16 Å². The number of nitrogens with zero attached hydrogens (tertiary/aromatic N) is 1. The molecule has 0 aliphatic rings. The molecule has 5 heteroatoms. The molecule has 1 aromatic carbocycles. The fourth-order valence-electron chi connectivity index (χ4n) is 1.58. The highest BCUT2D eigenvalue weighted by Crippen LogP contribution is 2.36. The van der Waals surface area contributed by atoms with E-state index in [2.05, 4.69) is 5.16 Å². The van der Waals surface area contributed by atoms with E-state index < -0.39 is 5.82 Å². The van der Waals surface area contributed by atoms with Gasteiger partial charge in [0.1, 0.15) is 5.82 Å². The standard InChI is InChI=1S/C11H10ClFN2O/c1-2-8-10(11(14)16-15-8)9-6(12)4-3-5-7(9)13/h3-5H,2,14H2,1H3. The minimum Gasteiger partial charge on any atom is -0.367 e. The van der Waals surface area contributed by atoms with Crippen molar-refractivity contribution < 1.29 is 8.91 Å². The van der Waals surface area contributed by atoms with Gasteiger partial charge in [0.05, 0.1) is 16.3 Å². The molecule has 0 atom stereocenters. The summed E-state index contributed by atoms with van der Waals surface area (Å²) >= 11 is 5.96. The van der Waals surface area contributed by atoms with Gasteiger partial charge in [-0.15, -0.1) is 0 Å². The number of anilines is 1. The van der Waals surface area contributed by atoms with Crippen LogP contribution in [0.3, 0.4) is 0 Å². The molecule has 0 amide bonds. The van der Waals surface area contributed by atoms with Gasteiger partial charge in [0.25, 0.3) is 0 Å². The van der Waals surface area contributed by atoms with Crippen LogP contribution in [0.1, 0.15) is 12.6 Å². The molecule has 0 spiro atoms. The Hall–Kier alpha value is -1.55. The predicted octanol–water partition coefficient (Wildman–Crippen LogP) is 3.28. The second kappa shape index (κ2) is 4.14. The summed E-state index contributed by atoms with van der Waals surface area (Å²) in [5.74, 6) is -0.346. The number of benzene rings is 1. The van der Waals surface area contributed by atoms with Crippen LogP contribution in [0.5, 0.6) is 0 Å². The SMILES string of the molecule is CCc1noc(N)c1-c1c(F)cccc1Cl. The van der Waals surface area contributed by atoms with Crippen LogP contribution in [-0.2, 0) is 6.42 Å². The summed E-state index contributed by atoms with van der Waals surface area (Å²) in [5.41, 5.74) is 6.93. The second-order valence-electron chi connectivity index (χ2n) is 3.32. The topological polar surface area (TPSA) is 52.0 Å². The Labute approximate surface area is 97.0 Å². The molecule has 0 saturated heterocycles. The number of rotatable bonds is 2. The third-order valence-electron chi connectivity index (χ3n) is 2.34. The van der Waals surface area contributed by atoms with Crippen molar-refractivity contribution in [3.63, 3.8) is 0 Å². The Balaban J connectivity index is 2.71. The minimum absolute atomic E-state index is 0.0869. The van der Waals surface area contributed by atoms with Gasteiger partial charge in [-0.25, -0.2) is 4.39 Å². The number of nitrogen functional groups attached to an aromatic ring is 1. The van der Waals surface area contributed by atoms with Gasteiger partial charge in [-0.1, -0.05) is 29.7 Å². The fourth-order valence-corrected chi connectivity index (χ4v) is 1.84. The number of hydrogen-bond acceptors (Lipinski definition) is 3. The monoisotopic (exact) mass is 240 g/mol. The van der Waals surface area contributed by atoms with E-state index in [0.717, 1.165) is 0 Å². The summed E-state index contributed by atoms with van der Waals surface area (Å²) < 4.78 is 18.6. The van der Waals surface area contributed by atoms with Crippen LogP contribution in [0.15, 0.2) is 22.7 Å². The number of aryl methyl sites for hydroxylation is 1. The van der Waals surface area contributed by atoms with Gasteiger partial charge in [0, 0.05) is 5.56 Å². The van der Waals surface area contributed by atoms with Crippen LogP contribution in [0, 0.1) is 5.82 Å². The summed E-state index contributed by atoms with van der Waals surface area (Å²) in [6, 6.07) is 4.47. The highest BCUT2D eigenvalue weighted by atomic mass is 35.5. The molecule has 2 rings (SSSR count). The number of nitrogens with two attached hydrogens (primary N) is 1. The van der Waals surface area contributed by atoms with E-state index in [-0.39, 0.29) is 11.4 Å². The smallest absolute Gasteiger partial charge is 0.230 e. The van der Waals surface area contributed by atoms with Gasteiger partial charge in [-0.05, 0) is 18.6 Å². The lowest BCUT2D eigenvalue weighted by Gasteiger charge is -2.05. The summed E-state index contributed by atoms with van der Waals surface area (Å²) in [6.45, 7) is 1.88. The summed E-state index contributed by atoms with van der Waals surface area (Å²) in [4.78, 5) is 0. The van der Waals surface area contributed by atoms with E-state index in [9.17, 15) is 4.39 Å². The average Bonchev–Trinajstić information content (AvgIpc) is 2.60. The molecular weight excluding hydrogens is 231 g/mol. The quantitative estimate of drug-likeness (QED) is 0.876. The summed E-state index contributed by atoms with van der Waals surface area (Å²) in [5, 5.41) is 4.06. The lowest BCUT2D eigenvalue weighted by molar-refractivity contribution is 0.428. The van der Waals surface area contributed by atoms with E-state index in [1.165, 1.54) is 12.1 Å². The Morgan fingerprint density at radius 1 is 1.44 bits per heavy atom. The Bertz CT molecular complexity index is 504. The van der Waals surface area contributed by atoms with Crippen molar-refractivity contribution in [1.82, 2.24) is 5.16 Å². The molecule has 0 bridgehead atoms. The van der Waals surface area contributed by atoms with Gasteiger partial charge in [-0.3, -0.25) is 0 Å². The van der Waals surface area contributed by atoms with Crippen molar-refractivity contribution in [2.24, 2.45) is 0 Å². The molecule has 0 radical (unpaired) electrons. The van der Waals surface area contributed by atoms with Gasteiger partial charge in [0.2, 0.25) is 5.88 Å². The molecule has 0 aliphatic heterocycles. The van der Waals surface area contributed by atoms with Gasteiger partial charge in [0.15, 0.2) is 0 Å². The normalized spacial score (nSPS) is 10.7. The van der Waals surface area contributed by atoms with Crippen LogP contribution >= 0.6 is 11.6 Å². The highest BCUT2D eigenvalue weighted by Gasteiger charge is 2.20. The average molecular weight is 241 g/mol. The third-order valence-corrected chi connectivity index (χ3v) is 2.65. The number of halogens is 2. The Morgan fingerprint density at radius 3 is 2.81 bits per heavy atom. The highest BCUT2D eigenvalue weighted by molar-refractivity contribution is 6.33. The first-order valence-corrected chi connectivity index (χ1v) is 5.21. The molecule has 0 saturated carbocycles. The van der Waals surface area contributed by atoms with Crippen LogP contribution < -0.4 is 5.73 Å². The van der Waals surface area contributed by atoms with Gasteiger partial charge in [-0.2, -0.15) is 0 Å². The van der Waals surface area contributed by atoms with E-state index in [4.69, 9.17) is 21.9 Å². The molecule has 0 fully saturated rings. The van der Waals surface area contributed by atoms with Crippen LogP contribution in [0.4, 0.5) is 10.3 Å². The first-order chi connectivity index (χ1) is 7.65. The Kier molecular flexibility index (Phi) is 2.83. The molecule has 1 aromatic heterocycles. The van der Waals surface area contributed by atoms with Crippen molar-refractivity contribution in [3.05, 3.63) is 34.7 Å². The molecular formula is C11H10ClFN2O. The lowest BCUT2D eigenvalue weighted by Crippen LogP contribution is -1.93. The predicted molar refractivity (Wildman–Crippen MR) is 60.7 cm³/mol. The first-order valence-electron chi connectivity index (χ1n) is 4.83. The fraction of sp³-hybridized carbons (Fsp3) is 0.182. The van der Waals surface area contributed by atoms with E-state index >= 15 is 0 Å². The molecule has 1 heterocycles. The largest absolute Gasteiger partial charge is 0.367 e.